The lowest BCUT2D eigenvalue weighted by Crippen LogP contribution is -2.47. The molecule has 5 amide bonds. The summed E-state index contributed by atoms with van der Waals surface area (Å²) in [6.45, 7) is 4.33. The molecule has 6 N–H and O–H groups in total. The van der Waals surface area contributed by atoms with Crippen molar-refractivity contribution in [3.63, 3.8) is 0 Å². The van der Waals surface area contributed by atoms with Gasteiger partial charge in [-0.1, -0.05) is 101 Å². The Morgan fingerprint density at radius 1 is 0.679 bits per heavy atom. The third-order valence-corrected chi connectivity index (χ3v) is 15.6. The Bertz CT molecular complexity index is 2650. The molecule has 2 fully saturated rings. The van der Waals surface area contributed by atoms with Gasteiger partial charge in [0.05, 0.1) is 38.6 Å². The van der Waals surface area contributed by atoms with Crippen LogP contribution in [-0.2, 0) is 63.8 Å². The molecule has 3 heterocycles. The van der Waals surface area contributed by atoms with E-state index in [0.717, 1.165) is 50.5 Å². The summed E-state index contributed by atoms with van der Waals surface area (Å²) in [6, 6.07) is 8.41. The van der Waals surface area contributed by atoms with Gasteiger partial charge in [-0.3, -0.25) is 43.0 Å². The van der Waals surface area contributed by atoms with Crippen molar-refractivity contribution in [1.82, 2.24) is 35.6 Å². The molecule has 0 spiro atoms. The van der Waals surface area contributed by atoms with Crippen molar-refractivity contribution in [3.8, 4) is 0 Å². The summed E-state index contributed by atoms with van der Waals surface area (Å²) in [5.41, 5.74) is 1.08. The van der Waals surface area contributed by atoms with Gasteiger partial charge in [0, 0.05) is 69.1 Å². The van der Waals surface area contributed by atoms with Crippen LogP contribution in [0.5, 0.6) is 0 Å². The summed E-state index contributed by atoms with van der Waals surface area (Å²) in [6.07, 6.45) is 16.9. The number of Topliss-reactive ketones (excluding diaryl/α,β-unsaturated/α-hetero) is 2. The van der Waals surface area contributed by atoms with Gasteiger partial charge in [0.2, 0.25) is 29.5 Å². The maximum absolute atomic E-state index is 14.2. The van der Waals surface area contributed by atoms with Crippen LogP contribution in [-0.4, -0.2) is 167 Å². The van der Waals surface area contributed by atoms with Crippen LogP contribution in [0.15, 0.2) is 41.0 Å². The third kappa shape index (κ3) is 24.4. The summed E-state index contributed by atoms with van der Waals surface area (Å²) < 4.78 is 24.0. The molecule has 1 saturated heterocycles. The average molecular weight is 1240 g/mol. The van der Waals surface area contributed by atoms with E-state index in [0.29, 0.717) is 53.6 Å². The van der Waals surface area contributed by atoms with Gasteiger partial charge in [0.1, 0.15) is 48.0 Å². The van der Waals surface area contributed by atoms with Crippen LogP contribution < -0.4 is 21.3 Å². The van der Waals surface area contributed by atoms with E-state index in [2.05, 4.69) is 47.3 Å². The number of benzene rings is 1. The molecule has 1 aromatic carbocycles. The summed E-state index contributed by atoms with van der Waals surface area (Å²) in [4.78, 5) is 119. The second-order valence-electron chi connectivity index (χ2n) is 21.9. The number of carbonyl (C=O) groups is 9. The molecule has 2 aromatic heterocycles. The van der Waals surface area contributed by atoms with E-state index in [1.54, 1.807) is 35.2 Å². The van der Waals surface area contributed by atoms with Crippen molar-refractivity contribution in [3.05, 3.63) is 52.3 Å². The Hall–Kier alpha value is -6.21. The van der Waals surface area contributed by atoms with E-state index < -0.39 is 35.3 Å². The SMILES string of the molecule is CC(=O)c1nn(CC(=O)N2[C@H](C(=O)Nc3nc(Br)ccc3C)C[C@@]3(CNC(=O)COCCOCCCC(=O)COCCOCCNC(=O)CC[C@H](NC(=O)CCCCCCCCCCCCCCCCC(=O)O)C(=O)O)C[C@@H]23)c2ccccc12. The zero-order valence-corrected chi connectivity index (χ0v) is 50.5. The number of carboxylic acid groups (broad SMARTS) is 2. The molecule has 4 atom stereocenters. The average Bonchev–Trinajstić information content (AvgIpc) is 1.69. The lowest BCUT2D eigenvalue weighted by atomic mass is 9.99. The number of unbranched alkanes of at least 4 members (excludes halogenated alkanes) is 13. The van der Waals surface area contributed by atoms with Gasteiger partial charge >= 0.3 is 11.9 Å². The highest BCUT2D eigenvalue weighted by Crippen LogP contribution is 2.59. The van der Waals surface area contributed by atoms with Gasteiger partial charge in [-0.2, -0.15) is 5.10 Å². The summed E-state index contributed by atoms with van der Waals surface area (Å²) in [5, 5.41) is 34.4. The second-order valence-corrected chi connectivity index (χ2v) is 22.7. The van der Waals surface area contributed by atoms with E-state index in [1.165, 1.54) is 50.1 Å². The molecule has 2 aliphatic rings. The molecule has 1 saturated carbocycles. The van der Waals surface area contributed by atoms with E-state index in [4.69, 9.17) is 24.1 Å². The number of ether oxygens (including phenoxy) is 4. The first-order chi connectivity index (χ1) is 40.5. The van der Waals surface area contributed by atoms with Crippen molar-refractivity contribution in [2.75, 3.05) is 71.3 Å². The van der Waals surface area contributed by atoms with Crippen LogP contribution in [0.4, 0.5) is 5.82 Å². The number of aromatic nitrogens is 3. The van der Waals surface area contributed by atoms with Crippen molar-refractivity contribution in [2.45, 2.75) is 180 Å². The van der Waals surface area contributed by atoms with E-state index in [9.17, 15) is 48.3 Å². The fourth-order valence-electron chi connectivity index (χ4n) is 10.4. The predicted octanol–water partition coefficient (Wildman–Crippen LogP) is 7.03. The Morgan fingerprint density at radius 2 is 1.30 bits per heavy atom. The lowest BCUT2D eigenvalue weighted by molar-refractivity contribution is -0.142. The van der Waals surface area contributed by atoms with Crippen molar-refractivity contribution >= 4 is 85.7 Å². The molecular formula is C60H87BrN8O15. The van der Waals surface area contributed by atoms with E-state index in [-0.39, 0.29) is 145 Å². The second kappa shape index (κ2) is 37.3. The highest BCUT2D eigenvalue weighted by Gasteiger charge is 2.67. The maximum Gasteiger partial charge on any atom is 0.326 e. The number of hydrogen-bond acceptors (Lipinski definition) is 15. The number of anilines is 1. The normalized spacial score (nSPS) is 16.4. The molecule has 1 aliphatic carbocycles. The summed E-state index contributed by atoms with van der Waals surface area (Å²) in [7, 11) is 0. The molecule has 3 aromatic rings. The van der Waals surface area contributed by atoms with Crippen molar-refractivity contribution < 1.29 is 72.3 Å². The summed E-state index contributed by atoms with van der Waals surface area (Å²) in [5.74, 6) is -3.71. The molecule has 0 radical (unpaired) electrons. The molecule has 464 valence electrons. The minimum atomic E-state index is -1.19. The van der Waals surface area contributed by atoms with Gasteiger partial charge in [0.15, 0.2) is 11.6 Å². The first-order valence-corrected chi connectivity index (χ1v) is 30.6. The fraction of sp³-hybridized carbons (Fsp3) is 0.650. The molecular weight excluding hydrogens is 1150 g/mol. The van der Waals surface area contributed by atoms with Gasteiger partial charge in [-0.25, -0.2) is 9.78 Å². The number of halogens is 1. The Kier molecular flexibility index (Phi) is 30.4. The number of carboxylic acids is 2. The zero-order valence-electron chi connectivity index (χ0n) is 48.9. The number of fused-ring (bicyclic) bond motifs is 2. The van der Waals surface area contributed by atoms with Crippen LogP contribution in [0, 0.1) is 12.3 Å². The molecule has 1 aliphatic heterocycles. The van der Waals surface area contributed by atoms with Crippen LogP contribution in [0.25, 0.3) is 10.9 Å². The smallest absolute Gasteiger partial charge is 0.326 e. The number of para-hydroxylation sites is 1. The predicted molar refractivity (Wildman–Crippen MR) is 315 cm³/mol. The molecule has 23 nitrogen and oxygen atoms in total. The number of pyridine rings is 1. The Labute approximate surface area is 500 Å². The zero-order chi connectivity index (χ0) is 60.7. The van der Waals surface area contributed by atoms with E-state index in [1.807, 2.05) is 13.0 Å². The van der Waals surface area contributed by atoms with Gasteiger partial charge < -0.3 is 55.3 Å². The van der Waals surface area contributed by atoms with Crippen molar-refractivity contribution in [2.24, 2.45) is 5.41 Å². The van der Waals surface area contributed by atoms with Crippen LogP contribution in [0.2, 0.25) is 0 Å². The number of piperidine rings is 1. The summed E-state index contributed by atoms with van der Waals surface area (Å²) >= 11 is 3.35. The fourth-order valence-corrected chi connectivity index (χ4v) is 10.7. The highest BCUT2D eigenvalue weighted by molar-refractivity contribution is 9.10. The third-order valence-electron chi connectivity index (χ3n) is 15.1. The molecule has 24 heteroatoms. The highest BCUT2D eigenvalue weighted by atomic mass is 79.9. The Morgan fingerprint density at radius 3 is 1.95 bits per heavy atom. The first kappa shape index (κ1) is 68.6. The number of likely N-dealkylation sites (tertiary alicyclic amines) is 1. The Balaban J connectivity index is 0.835. The van der Waals surface area contributed by atoms with E-state index >= 15 is 0 Å². The topological polar surface area (TPSA) is 313 Å². The lowest BCUT2D eigenvalue weighted by Gasteiger charge is -2.27. The first-order valence-electron chi connectivity index (χ1n) is 29.8. The number of carbonyl (C=O) groups excluding carboxylic acids is 7. The van der Waals surface area contributed by atoms with Crippen LogP contribution in [0.1, 0.15) is 164 Å². The standard InChI is InChI=1S/C60H87BrN8O15/c1-42-25-27-50(61)65-57(42)66-58(78)48-36-60(37-49(60)69(48)54(75)38-68-47-22-18-17-21-45(47)56(67-68)43(2)70)41-63-53(74)40-84-35-32-81-30-19-20-44(71)39-83-34-33-82-31-29-62-51(72)28-26-46(59(79)80)64-52(73)23-15-13-11-9-7-5-3-4-6-8-10-12-14-16-24-55(76)77/h17-18,21-22,25,27,46,48-49H,3-16,19-20,23-24,26,28-41H2,1-2H3,(H,62,72)(H,63,74)(H,64,73)(H,76,77)(H,79,80)(H,65,66,78)/t46-,48-,49+,60-/m0/s1. The maximum atomic E-state index is 14.2. The largest absolute Gasteiger partial charge is 0.481 e. The molecule has 5 rings (SSSR count). The molecule has 0 unspecified atom stereocenters. The minimum Gasteiger partial charge on any atom is -0.481 e. The number of amides is 5. The number of ketones is 2. The minimum absolute atomic E-state index is 0.0418. The number of nitrogens with zero attached hydrogens (tertiary/aromatic N) is 4. The monoisotopic (exact) mass is 1240 g/mol. The number of rotatable bonds is 46. The molecule has 0 bridgehead atoms. The quantitative estimate of drug-likeness (QED) is 0.0188. The number of nitrogens with one attached hydrogen (secondary N) is 4. The number of hydrogen-bond donors (Lipinski definition) is 6. The number of aryl methyl sites for hydroxylation is 1. The molecule has 84 heavy (non-hydrogen) atoms. The van der Waals surface area contributed by atoms with Crippen molar-refractivity contribution in [1.29, 1.82) is 0 Å². The van der Waals surface area contributed by atoms with Gasteiger partial charge in [0.25, 0.3) is 0 Å². The van der Waals surface area contributed by atoms with Crippen LogP contribution in [0.3, 0.4) is 0 Å². The van der Waals surface area contributed by atoms with Crippen LogP contribution >= 0.6 is 15.9 Å². The number of aliphatic carboxylic acids is 2. The van der Waals surface area contributed by atoms with Gasteiger partial charge in [-0.15, -0.1) is 0 Å². The van der Waals surface area contributed by atoms with Gasteiger partial charge in [-0.05, 0) is 79.1 Å².